The average molecular weight is 213 g/mol. The van der Waals surface area contributed by atoms with Gasteiger partial charge in [-0.1, -0.05) is 30.4 Å². The highest BCUT2D eigenvalue weighted by Crippen LogP contribution is 2.34. The highest BCUT2D eigenvalue weighted by atomic mass is 15.5. The van der Waals surface area contributed by atoms with Crippen LogP contribution in [0.15, 0.2) is 47.9 Å². The third kappa shape index (κ3) is 1.01. The molecule has 1 saturated heterocycles. The number of fused-ring (bicyclic) bond motifs is 4. The van der Waals surface area contributed by atoms with Gasteiger partial charge in [-0.3, -0.25) is 5.32 Å². The van der Waals surface area contributed by atoms with Crippen LogP contribution >= 0.6 is 0 Å². The minimum Gasteiger partial charge on any atom is -0.355 e. The van der Waals surface area contributed by atoms with Crippen molar-refractivity contribution in [3.8, 4) is 0 Å². The molecule has 2 N–H and O–H groups in total. The normalized spacial score (nSPS) is 38.5. The maximum atomic E-state index is 3.61. The van der Waals surface area contributed by atoms with E-state index in [4.69, 9.17) is 0 Å². The minimum atomic E-state index is 0.287. The van der Waals surface area contributed by atoms with Crippen LogP contribution in [0.1, 0.15) is 12.8 Å². The Kier molecular flexibility index (Phi) is 1.63. The zero-order valence-electron chi connectivity index (χ0n) is 9.06. The zero-order chi connectivity index (χ0) is 10.5. The monoisotopic (exact) mass is 213 g/mol. The Hall–Kier alpha value is -1.48. The van der Waals surface area contributed by atoms with Gasteiger partial charge in [-0.15, -0.1) is 0 Å². The maximum Gasteiger partial charge on any atom is 0.156 e. The molecule has 4 rings (SSSR count). The third-order valence-corrected chi connectivity index (χ3v) is 3.79. The first-order chi connectivity index (χ1) is 7.93. The van der Waals surface area contributed by atoms with Gasteiger partial charge in [-0.25, -0.2) is 0 Å². The molecule has 2 aliphatic carbocycles. The molecule has 3 heteroatoms. The lowest BCUT2D eigenvalue weighted by molar-refractivity contribution is 0.286. The molecule has 82 valence electrons. The van der Waals surface area contributed by atoms with Crippen LogP contribution in [-0.4, -0.2) is 23.3 Å². The van der Waals surface area contributed by atoms with Crippen LogP contribution < -0.4 is 10.6 Å². The van der Waals surface area contributed by atoms with E-state index in [-0.39, 0.29) is 6.29 Å². The number of hydrogen-bond donors (Lipinski definition) is 2. The van der Waals surface area contributed by atoms with E-state index >= 15 is 0 Å². The Morgan fingerprint density at radius 2 is 2.19 bits per heavy atom. The topological polar surface area (TPSA) is 27.3 Å². The molecule has 1 fully saturated rings. The van der Waals surface area contributed by atoms with Crippen LogP contribution in [0.3, 0.4) is 0 Å². The summed E-state index contributed by atoms with van der Waals surface area (Å²) in [6.45, 7) is 0. The van der Waals surface area contributed by atoms with E-state index < -0.39 is 0 Å². The highest BCUT2D eigenvalue weighted by molar-refractivity contribution is 5.38. The molecule has 0 spiro atoms. The Morgan fingerprint density at radius 3 is 3.19 bits per heavy atom. The summed E-state index contributed by atoms with van der Waals surface area (Å²) in [5, 5.41) is 7.20. The smallest absolute Gasteiger partial charge is 0.156 e. The van der Waals surface area contributed by atoms with E-state index in [0.29, 0.717) is 12.1 Å². The molecule has 0 radical (unpaired) electrons. The summed E-state index contributed by atoms with van der Waals surface area (Å²) in [7, 11) is 0. The van der Waals surface area contributed by atoms with Crippen LogP contribution in [-0.2, 0) is 0 Å². The van der Waals surface area contributed by atoms with Crippen LogP contribution in [0.2, 0.25) is 0 Å². The van der Waals surface area contributed by atoms with Crippen molar-refractivity contribution in [2.24, 2.45) is 0 Å². The molecular weight excluding hydrogens is 198 g/mol. The van der Waals surface area contributed by atoms with Gasteiger partial charge in [0.05, 0.1) is 17.8 Å². The molecule has 3 unspecified atom stereocenters. The first-order valence-electron chi connectivity index (χ1n) is 5.99. The van der Waals surface area contributed by atoms with Crippen molar-refractivity contribution in [2.75, 3.05) is 0 Å². The standard InChI is InChI=1S/C13H15N3/c1-3-7-11-9(5-1)14-13-15-10-6-2-4-8-12(10)16(11)13/h1,3-5,7-9,11,13-15H,2,6H2. The van der Waals surface area contributed by atoms with E-state index in [2.05, 4.69) is 52.0 Å². The molecule has 16 heavy (non-hydrogen) atoms. The second-order valence-corrected chi connectivity index (χ2v) is 4.71. The van der Waals surface area contributed by atoms with Crippen LogP contribution in [0.25, 0.3) is 0 Å². The molecule has 0 amide bonds. The van der Waals surface area contributed by atoms with Gasteiger partial charge in [0.15, 0.2) is 6.29 Å². The molecule has 2 aliphatic heterocycles. The summed E-state index contributed by atoms with van der Waals surface area (Å²) in [6, 6.07) is 0.921. The first-order valence-corrected chi connectivity index (χ1v) is 5.99. The molecule has 3 atom stereocenters. The predicted octanol–water partition coefficient (Wildman–Crippen LogP) is 1.20. The zero-order valence-corrected chi connectivity index (χ0v) is 9.06. The van der Waals surface area contributed by atoms with Crippen molar-refractivity contribution in [1.29, 1.82) is 0 Å². The van der Waals surface area contributed by atoms with Gasteiger partial charge in [0.1, 0.15) is 0 Å². The number of hydrogen-bond acceptors (Lipinski definition) is 3. The van der Waals surface area contributed by atoms with E-state index in [1.54, 1.807) is 0 Å². The van der Waals surface area contributed by atoms with Crippen molar-refractivity contribution < 1.29 is 0 Å². The Balaban J connectivity index is 1.74. The fraction of sp³-hybridized carbons (Fsp3) is 0.385. The summed E-state index contributed by atoms with van der Waals surface area (Å²) >= 11 is 0. The van der Waals surface area contributed by atoms with Crippen molar-refractivity contribution in [2.45, 2.75) is 31.2 Å². The Morgan fingerprint density at radius 1 is 1.25 bits per heavy atom. The van der Waals surface area contributed by atoms with Gasteiger partial charge in [0.25, 0.3) is 0 Å². The van der Waals surface area contributed by atoms with Crippen LogP contribution in [0.5, 0.6) is 0 Å². The van der Waals surface area contributed by atoms with E-state index in [0.717, 1.165) is 12.8 Å². The Bertz CT molecular complexity index is 444. The van der Waals surface area contributed by atoms with Gasteiger partial charge in [-0.2, -0.15) is 0 Å². The molecule has 0 aromatic heterocycles. The number of nitrogens with zero attached hydrogens (tertiary/aromatic N) is 1. The second kappa shape index (κ2) is 3.01. The van der Waals surface area contributed by atoms with Gasteiger partial charge >= 0.3 is 0 Å². The summed E-state index contributed by atoms with van der Waals surface area (Å²) in [6.07, 6.45) is 16.0. The fourth-order valence-electron chi connectivity index (χ4n) is 3.07. The molecule has 2 heterocycles. The largest absolute Gasteiger partial charge is 0.355 e. The van der Waals surface area contributed by atoms with E-state index in [1.165, 1.54) is 11.4 Å². The SMILES string of the molecule is C1=CC2NC3NC4=C(C=CCC4)N3C2C=C1. The predicted molar refractivity (Wildman–Crippen MR) is 63.2 cm³/mol. The van der Waals surface area contributed by atoms with Crippen LogP contribution in [0, 0.1) is 0 Å². The number of nitrogens with one attached hydrogen (secondary N) is 2. The molecule has 0 aromatic carbocycles. The van der Waals surface area contributed by atoms with Gasteiger partial charge in [-0.05, 0) is 18.9 Å². The van der Waals surface area contributed by atoms with Crippen molar-refractivity contribution in [3.05, 3.63) is 47.9 Å². The molecule has 0 aromatic rings. The van der Waals surface area contributed by atoms with Gasteiger partial charge in [0.2, 0.25) is 0 Å². The minimum absolute atomic E-state index is 0.287. The summed E-state index contributed by atoms with van der Waals surface area (Å²) in [5.74, 6) is 0. The average Bonchev–Trinajstić information content (AvgIpc) is 2.83. The van der Waals surface area contributed by atoms with Gasteiger partial charge in [0, 0.05) is 5.70 Å². The lowest BCUT2D eigenvalue weighted by Gasteiger charge is -2.26. The third-order valence-electron chi connectivity index (χ3n) is 3.79. The Labute approximate surface area is 95.2 Å². The quantitative estimate of drug-likeness (QED) is 0.633. The second-order valence-electron chi connectivity index (χ2n) is 4.71. The first kappa shape index (κ1) is 8.65. The van der Waals surface area contributed by atoms with Gasteiger partial charge < -0.3 is 10.2 Å². The molecule has 0 saturated carbocycles. The van der Waals surface area contributed by atoms with E-state index in [1.807, 2.05) is 0 Å². The molecular formula is C13H15N3. The lowest BCUT2D eigenvalue weighted by atomic mass is 10.0. The highest BCUT2D eigenvalue weighted by Gasteiger charge is 2.44. The van der Waals surface area contributed by atoms with Crippen molar-refractivity contribution in [1.82, 2.24) is 15.5 Å². The summed E-state index contributed by atoms with van der Waals surface area (Å²) in [4.78, 5) is 2.47. The lowest BCUT2D eigenvalue weighted by Crippen LogP contribution is -2.41. The van der Waals surface area contributed by atoms with Crippen molar-refractivity contribution in [3.63, 3.8) is 0 Å². The van der Waals surface area contributed by atoms with Crippen molar-refractivity contribution >= 4 is 0 Å². The summed E-state index contributed by atoms with van der Waals surface area (Å²) in [5.41, 5.74) is 2.79. The number of rotatable bonds is 0. The number of allylic oxidation sites excluding steroid dienone is 5. The van der Waals surface area contributed by atoms with E-state index in [9.17, 15) is 0 Å². The fourth-order valence-corrected chi connectivity index (χ4v) is 3.07. The van der Waals surface area contributed by atoms with Crippen LogP contribution in [0.4, 0.5) is 0 Å². The maximum absolute atomic E-state index is 3.61. The molecule has 0 bridgehead atoms. The molecule has 3 nitrogen and oxygen atoms in total. The molecule has 4 aliphatic rings. The summed E-state index contributed by atoms with van der Waals surface area (Å²) < 4.78 is 0.